The number of rotatable bonds is 7. The van der Waals surface area contributed by atoms with Crippen LogP contribution in [0.4, 0.5) is 10.8 Å². The SMILES string of the molecule is CCC(=O)Nc1nc2ccc(NC(=S)NC(=O)c3ccc(OCc4ccccc4)cc3)cc2s1. The van der Waals surface area contributed by atoms with E-state index < -0.39 is 0 Å². The summed E-state index contributed by atoms with van der Waals surface area (Å²) in [5.74, 6) is 0.265. The number of fused-ring (bicyclic) bond motifs is 1. The molecule has 0 aliphatic rings. The normalized spacial score (nSPS) is 10.5. The number of hydrogen-bond acceptors (Lipinski definition) is 6. The predicted octanol–water partition coefficient (Wildman–Crippen LogP) is 5.35. The van der Waals surface area contributed by atoms with E-state index in [-0.39, 0.29) is 16.9 Å². The molecule has 2 amide bonds. The number of ether oxygens (including phenoxy) is 1. The highest BCUT2D eigenvalue weighted by molar-refractivity contribution is 7.80. The van der Waals surface area contributed by atoms with Gasteiger partial charge >= 0.3 is 0 Å². The summed E-state index contributed by atoms with van der Waals surface area (Å²) in [6, 6.07) is 22.2. The van der Waals surface area contributed by atoms with Gasteiger partial charge in [-0.2, -0.15) is 0 Å². The van der Waals surface area contributed by atoms with Crippen molar-refractivity contribution in [1.29, 1.82) is 0 Å². The maximum absolute atomic E-state index is 12.6. The lowest BCUT2D eigenvalue weighted by Crippen LogP contribution is -2.34. The Morgan fingerprint density at radius 2 is 1.76 bits per heavy atom. The molecule has 34 heavy (non-hydrogen) atoms. The number of amides is 2. The Balaban J connectivity index is 1.32. The molecule has 7 nitrogen and oxygen atoms in total. The van der Waals surface area contributed by atoms with Crippen LogP contribution < -0.4 is 20.7 Å². The lowest BCUT2D eigenvalue weighted by Gasteiger charge is -2.10. The first-order valence-corrected chi connectivity index (χ1v) is 11.8. The monoisotopic (exact) mass is 490 g/mol. The van der Waals surface area contributed by atoms with Crippen molar-refractivity contribution < 1.29 is 14.3 Å². The first-order chi connectivity index (χ1) is 16.5. The maximum atomic E-state index is 12.6. The van der Waals surface area contributed by atoms with Gasteiger partial charge in [-0.3, -0.25) is 14.9 Å². The summed E-state index contributed by atoms with van der Waals surface area (Å²) in [6.07, 6.45) is 0.389. The van der Waals surface area contributed by atoms with Crippen LogP contribution in [0.2, 0.25) is 0 Å². The highest BCUT2D eigenvalue weighted by Gasteiger charge is 2.11. The molecular formula is C25H22N4O3S2. The van der Waals surface area contributed by atoms with Gasteiger partial charge in [-0.05, 0) is 60.2 Å². The number of carbonyl (C=O) groups excluding carboxylic acids is 2. The molecule has 0 bridgehead atoms. The van der Waals surface area contributed by atoms with Crippen molar-refractivity contribution in [3.8, 4) is 5.75 Å². The van der Waals surface area contributed by atoms with Crippen LogP contribution in [0.1, 0.15) is 29.3 Å². The number of nitrogens with zero attached hydrogens (tertiary/aromatic N) is 1. The van der Waals surface area contributed by atoms with Gasteiger partial charge < -0.3 is 15.4 Å². The van der Waals surface area contributed by atoms with E-state index in [4.69, 9.17) is 17.0 Å². The van der Waals surface area contributed by atoms with Gasteiger partial charge in [0.05, 0.1) is 10.2 Å². The van der Waals surface area contributed by atoms with E-state index >= 15 is 0 Å². The number of aromatic nitrogens is 1. The molecule has 1 heterocycles. The second kappa shape index (κ2) is 10.9. The van der Waals surface area contributed by atoms with Crippen LogP contribution in [-0.2, 0) is 11.4 Å². The van der Waals surface area contributed by atoms with Gasteiger partial charge in [0, 0.05) is 17.7 Å². The second-order valence-electron chi connectivity index (χ2n) is 7.31. The van der Waals surface area contributed by atoms with E-state index in [1.807, 2.05) is 48.5 Å². The molecular weight excluding hydrogens is 468 g/mol. The topological polar surface area (TPSA) is 92.4 Å². The van der Waals surface area contributed by atoms with E-state index in [1.54, 1.807) is 31.2 Å². The van der Waals surface area contributed by atoms with Gasteiger partial charge in [0.15, 0.2) is 10.2 Å². The minimum absolute atomic E-state index is 0.0860. The summed E-state index contributed by atoms with van der Waals surface area (Å²) >= 11 is 6.67. The van der Waals surface area contributed by atoms with E-state index in [0.29, 0.717) is 35.2 Å². The van der Waals surface area contributed by atoms with Crippen LogP contribution in [0.15, 0.2) is 72.8 Å². The Morgan fingerprint density at radius 3 is 2.50 bits per heavy atom. The Labute approximate surface area is 206 Å². The molecule has 0 unspecified atom stereocenters. The highest BCUT2D eigenvalue weighted by atomic mass is 32.1. The Morgan fingerprint density at radius 1 is 1.00 bits per heavy atom. The summed E-state index contributed by atoms with van der Waals surface area (Å²) in [5.41, 5.74) is 3.01. The first kappa shape index (κ1) is 23.3. The number of thiocarbonyl (C=S) groups is 1. The van der Waals surface area contributed by atoms with Gasteiger partial charge in [-0.15, -0.1) is 0 Å². The van der Waals surface area contributed by atoms with Gasteiger partial charge in [0.25, 0.3) is 5.91 Å². The zero-order valence-electron chi connectivity index (χ0n) is 18.3. The molecule has 0 saturated heterocycles. The molecule has 0 atom stereocenters. The standard InChI is InChI=1S/C25H22N4O3S2/c1-2-22(30)28-25-27-20-13-10-18(14-21(20)34-25)26-24(33)29-23(31)17-8-11-19(12-9-17)32-15-16-6-4-3-5-7-16/h3-14H,2,15H2,1H3,(H,27,28,30)(H2,26,29,31,33). The third-order valence-electron chi connectivity index (χ3n) is 4.81. The molecule has 0 radical (unpaired) electrons. The van der Waals surface area contributed by atoms with Crippen LogP contribution in [0.3, 0.4) is 0 Å². The van der Waals surface area contributed by atoms with Crippen molar-refractivity contribution in [1.82, 2.24) is 10.3 Å². The minimum Gasteiger partial charge on any atom is -0.489 e. The molecule has 0 spiro atoms. The largest absolute Gasteiger partial charge is 0.489 e. The zero-order chi connectivity index (χ0) is 23.9. The van der Waals surface area contributed by atoms with Crippen LogP contribution >= 0.6 is 23.6 Å². The molecule has 3 aromatic carbocycles. The molecule has 1 aromatic heterocycles. The number of thiazole rings is 1. The summed E-state index contributed by atoms with van der Waals surface area (Å²) in [7, 11) is 0. The van der Waals surface area contributed by atoms with Crippen LogP contribution in [0.25, 0.3) is 10.2 Å². The van der Waals surface area contributed by atoms with Crippen molar-refractivity contribution in [2.75, 3.05) is 10.6 Å². The minimum atomic E-state index is -0.324. The van der Waals surface area contributed by atoms with Crippen LogP contribution in [-0.4, -0.2) is 21.9 Å². The van der Waals surface area contributed by atoms with Crippen molar-refractivity contribution in [2.24, 2.45) is 0 Å². The predicted molar refractivity (Wildman–Crippen MR) is 139 cm³/mol. The van der Waals surface area contributed by atoms with Gasteiger partial charge in [0.2, 0.25) is 5.91 Å². The fraction of sp³-hybridized carbons (Fsp3) is 0.120. The maximum Gasteiger partial charge on any atom is 0.257 e. The van der Waals surface area contributed by atoms with Crippen LogP contribution in [0.5, 0.6) is 5.75 Å². The quantitative estimate of drug-likeness (QED) is 0.303. The van der Waals surface area contributed by atoms with Gasteiger partial charge in [-0.1, -0.05) is 48.6 Å². The third kappa shape index (κ3) is 6.15. The molecule has 4 rings (SSSR count). The molecule has 0 aliphatic heterocycles. The molecule has 0 saturated carbocycles. The molecule has 9 heteroatoms. The summed E-state index contributed by atoms with van der Waals surface area (Å²) < 4.78 is 6.64. The molecule has 3 N–H and O–H groups in total. The smallest absolute Gasteiger partial charge is 0.257 e. The molecule has 0 fully saturated rings. The third-order valence-corrected chi connectivity index (χ3v) is 5.94. The molecule has 4 aromatic rings. The van der Waals surface area contributed by atoms with E-state index in [2.05, 4.69) is 20.9 Å². The number of carbonyl (C=O) groups is 2. The molecule has 0 aliphatic carbocycles. The average molecular weight is 491 g/mol. The number of anilines is 2. The summed E-state index contributed by atoms with van der Waals surface area (Å²) in [4.78, 5) is 28.5. The number of nitrogens with one attached hydrogen (secondary N) is 3. The fourth-order valence-corrected chi connectivity index (χ4v) is 4.18. The van der Waals surface area contributed by atoms with Gasteiger partial charge in [-0.25, -0.2) is 4.98 Å². The van der Waals surface area contributed by atoms with Crippen molar-refractivity contribution in [3.05, 3.63) is 83.9 Å². The first-order valence-electron chi connectivity index (χ1n) is 10.6. The van der Waals surface area contributed by atoms with Gasteiger partial charge in [0.1, 0.15) is 12.4 Å². The second-order valence-corrected chi connectivity index (χ2v) is 8.75. The number of hydrogen-bond donors (Lipinski definition) is 3. The van der Waals surface area contributed by atoms with E-state index in [1.165, 1.54) is 11.3 Å². The number of benzene rings is 3. The van der Waals surface area contributed by atoms with Crippen molar-refractivity contribution >= 4 is 61.5 Å². The lowest BCUT2D eigenvalue weighted by molar-refractivity contribution is -0.115. The van der Waals surface area contributed by atoms with E-state index in [0.717, 1.165) is 15.8 Å². The Hall–Kier alpha value is -3.82. The van der Waals surface area contributed by atoms with Crippen molar-refractivity contribution in [3.63, 3.8) is 0 Å². The summed E-state index contributed by atoms with van der Waals surface area (Å²) in [6.45, 7) is 2.24. The Kier molecular flexibility index (Phi) is 7.46. The fourth-order valence-electron chi connectivity index (χ4n) is 3.04. The van der Waals surface area contributed by atoms with Crippen LogP contribution in [0, 0.1) is 0 Å². The van der Waals surface area contributed by atoms with E-state index in [9.17, 15) is 9.59 Å². The lowest BCUT2D eigenvalue weighted by atomic mass is 10.2. The Bertz CT molecular complexity index is 1320. The average Bonchev–Trinajstić information content (AvgIpc) is 3.25. The zero-order valence-corrected chi connectivity index (χ0v) is 20.0. The highest BCUT2D eigenvalue weighted by Crippen LogP contribution is 2.28. The molecule has 172 valence electrons. The van der Waals surface area contributed by atoms with Crippen molar-refractivity contribution in [2.45, 2.75) is 20.0 Å². The summed E-state index contributed by atoms with van der Waals surface area (Å²) in [5, 5.41) is 9.18.